The van der Waals surface area contributed by atoms with Crippen molar-refractivity contribution in [1.29, 1.82) is 0 Å². The molecule has 1 aliphatic rings. The predicted octanol–water partition coefficient (Wildman–Crippen LogP) is 0.549. The number of piperazine rings is 1. The zero-order chi connectivity index (χ0) is 13.0. The van der Waals surface area contributed by atoms with Gasteiger partial charge in [0.05, 0.1) is 5.92 Å². The largest absolute Gasteiger partial charge is 0.339 e. The van der Waals surface area contributed by atoms with E-state index in [-0.39, 0.29) is 11.8 Å². The Morgan fingerprint density at radius 2 is 2.22 bits per heavy atom. The normalized spacial score (nSPS) is 21.7. The Bertz CT molecular complexity index is 393. The van der Waals surface area contributed by atoms with Gasteiger partial charge in [-0.1, -0.05) is 30.3 Å². The Kier molecular flexibility index (Phi) is 4.33. The molecule has 0 bridgehead atoms. The van der Waals surface area contributed by atoms with Gasteiger partial charge in [-0.25, -0.2) is 0 Å². The van der Waals surface area contributed by atoms with Crippen LogP contribution in [0.25, 0.3) is 0 Å². The van der Waals surface area contributed by atoms with E-state index in [2.05, 4.69) is 12.2 Å². The second-order valence-electron chi connectivity index (χ2n) is 4.84. The Morgan fingerprint density at radius 1 is 1.50 bits per heavy atom. The topological polar surface area (TPSA) is 58.4 Å². The lowest BCUT2D eigenvalue weighted by atomic mass is 9.97. The van der Waals surface area contributed by atoms with E-state index in [0.717, 1.165) is 25.2 Å². The molecule has 0 saturated carbocycles. The van der Waals surface area contributed by atoms with Crippen LogP contribution in [0.15, 0.2) is 30.3 Å². The number of carbonyl (C=O) groups excluding carboxylic acids is 1. The number of hydrogen-bond donors (Lipinski definition) is 2. The van der Waals surface area contributed by atoms with Gasteiger partial charge in [-0.05, 0) is 12.5 Å². The summed E-state index contributed by atoms with van der Waals surface area (Å²) in [5, 5.41) is 3.34. The highest BCUT2D eigenvalue weighted by Gasteiger charge is 2.27. The van der Waals surface area contributed by atoms with Gasteiger partial charge in [0, 0.05) is 32.2 Å². The summed E-state index contributed by atoms with van der Waals surface area (Å²) < 4.78 is 0. The molecular weight excluding hydrogens is 226 g/mol. The molecule has 0 aromatic heterocycles. The molecule has 0 spiro atoms. The summed E-state index contributed by atoms with van der Waals surface area (Å²) in [6.07, 6.45) is 0. The molecule has 1 saturated heterocycles. The number of benzene rings is 1. The number of nitrogens with zero attached hydrogens (tertiary/aromatic N) is 1. The van der Waals surface area contributed by atoms with Crippen LogP contribution in [0.1, 0.15) is 18.4 Å². The molecule has 0 aliphatic carbocycles. The number of nitrogens with one attached hydrogen (secondary N) is 1. The van der Waals surface area contributed by atoms with E-state index in [1.165, 1.54) is 0 Å². The van der Waals surface area contributed by atoms with Crippen LogP contribution >= 0.6 is 0 Å². The second kappa shape index (κ2) is 5.98. The smallest absolute Gasteiger partial charge is 0.231 e. The maximum atomic E-state index is 12.5. The molecule has 1 fully saturated rings. The van der Waals surface area contributed by atoms with Gasteiger partial charge in [0.1, 0.15) is 0 Å². The fourth-order valence-corrected chi connectivity index (χ4v) is 2.42. The summed E-state index contributed by atoms with van der Waals surface area (Å²) in [5.41, 5.74) is 6.79. The first-order chi connectivity index (χ1) is 8.72. The fourth-order valence-electron chi connectivity index (χ4n) is 2.42. The second-order valence-corrected chi connectivity index (χ2v) is 4.84. The molecule has 2 rings (SSSR count). The summed E-state index contributed by atoms with van der Waals surface area (Å²) in [6.45, 7) is 4.86. The monoisotopic (exact) mass is 247 g/mol. The van der Waals surface area contributed by atoms with Gasteiger partial charge in [-0.2, -0.15) is 0 Å². The Balaban J connectivity index is 2.10. The average molecular weight is 247 g/mol. The highest BCUT2D eigenvalue weighted by molar-refractivity contribution is 5.84. The van der Waals surface area contributed by atoms with Gasteiger partial charge in [-0.3, -0.25) is 4.79 Å². The molecule has 1 aromatic rings. The van der Waals surface area contributed by atoms with Crippen LogP contribution in [0.5, 0.6) is 0 Å². The Labute approximate surface area is 108 Å². The number of nitrogens with two attached hydrogens (primary N) is 1. The van der Waals surface area contributed by atoms with Crippen LogP contribution in [0.2, 0.25) is 0 Å². The quantitative estimate of drug-likeness (QED) is 0.820. The minimum atomic E-state index is -0.212. The maximum absolute atomic E-state index is 12.5. The predicted molar refractivity (Wildman–Crippen MR) is 72.3 cm³/mol. The van der Waals surface area contributed by atoms with E-state index in [4.69, 9.17) is 5.73 Å². The van der Waals surface area contributed by atoms with Crippen molar-refractivity contribution in [2.24, 2.45) is 5.73 Å². The summed E-state index contributed by atoms with van der Waals surface area (Å²) in [5.74, 6) is -0.0615. The first-order valence-electron chi connectivity index (χ1n) is 6.49. The molecule has 0 radical (unpaired) electrons. The number of rotatable bonds is 3. The van der Waals surface area contributed by atoms with Crippen LogP contribution in [0, 0.1) is 0 Å². The standard InChI is InChI=1S/C14H21N3O/c1-11-10-17(8-7-16-11)14(18)13(9-15)12-5-3-2-4-6-12/h2-6,11,13,16H,7-10,15H2,1H3/t11-,13-/m1/s1. The summed E-state index contributed by atoms with van der Waals surface area (Å²) in [4.78, 5) is 14.4. The Hall–Kier alpha value is -1.39. The molecule has 98 valence electrons. The molecule has 1 aromatic carbocycles. The fraction of sp³-hybridized carbons (Fsp3) is 0.500. The maximum Gasteiger partial charge on any atom is 0.231 e. The zero-order valence-electron chi connectivity index (χ0n) is 10.8. The van der Waals surface area contributed by atoms with Crippen LogP contribution in [-0.4, -0.2) is 43.0 Å². The van der Waals surface area contributed by atoms with Crippen molar-refractivity contribution in [2.45, 2.75) is 18.9 Å². The first kappa shape index (κ1) is 13.1. The molecule has 3 N–H and O–H groups in total. The van der Waals surface area contributed by atoms with Crippen molar-refractivity contribution >= 4 is 5.91 Å². The molecule has 1 amide bonds. The van der Waals surface area contributed by atoms with Crippen molar-refractivity contribution < 1.29 is 4.79 Å². The van der Waals surface area contributed by atoms with Crippen LogP contribution in [-0.2, 0) is 4.79 Å². The van der Waals surface area contributed by atoms with Crippen molar-refractivity contribution in [2.75, 3.05) is 26.2 Å². The van der Waals surface area contributed by atoms with Crippen molar-refractivity contribution in [3.63, 3.8) is 0 Å². The summed E-state index contributed by atoms with van der Waals surface area (Å²) in [6, 6.07) is 10.2. The average Bonchev–Trinajstić information content (AvgIpc) is 2.41. The van der Waals surface area contributed by atoms with E-state index in [0.29, 0.717) is 12.6 Å². The molecular formula is C14H21N3O. The molecule has 18 heavy (non-hydrogen) atoms. The van der Waals surface area contributed by atoms with Crippen LogP contribution in [0.4, 0.5) is 0 Å². The highest BCUT2D eigenvalue weighted by atomic mass is 16.2. The highest BCUT2D eigenvalue weighted by Crippen LogP contribution is 2.18. The van der Waals surface area contributed by atoms with Crippen molar-refractivity contribution in [3.8, 4) is 0 Å². The van der Waals surface area contributed by atoms with E-state index < -0.39 is 0 Å². The molecule has 1 heterocycles. The Morgan fingerprint density at radius 3 is 2.83 bits per heavy atom. The molecule has 4 heteroatoms. The van der Waals surface area contributed by atoms with Gasteiger partial charge in [0.15, 0.2) is 0 Å². The minimum Gasteiger partial charge on any atom is -0.339 e. The van der Waals surface area contributed by atoms with Gasteiger partial charge in [-0.15, -0.1) is 0 Å². The lowest BCUT2D eigenvalue weighted by molar-refractivity contribution is -0.133. The first-order valence-corrected chi connectivity index (χ1v) is 6.49. The van der Waals surface area contributed by atoms with Crippen LogP contribution in [0.3, 0.4) is 0 Å². The van der Waals surface area contributed by atoms with Crippen molar-refractivity contribution in [3.05, 3.63) is 35.9 Å². The van der Waals surface area contributed by atoms with Gasteiger partial charge < -0.3 is 16.0 Å². The van der Waals surface area contributed by atoms with Crippen molar-refractivity contribution in [1.82, 2.24) is 10.2 Å². The molecule has 2 atom stereocenters. The van der Waals surface area contributed by atoms with Gasteiger partial charge in [0.25, 0.3) is 0 Å². The van der Waals surface area contributed by atoms with Crippen LogP contribution < -0.4 is 11.1 Å². The number of hydrogen-bond acceptors (Lipinski definition) is 3. The van der Waals surface area contributed by atoms with E-state index in [1.54, 1.807) is 0 Å². The molecule has 1 aliphatic heterocycles. The zero-order valence-corrected chi connectivity index (χ0v) is 10.8. The minimum absolute atomic E-state index is 0.150. The molecule has 4 nitrogen and oxygen atoms in total. The summed E-state index contributed by atoms with van der Waals surface area (Å²) >= 11 is 0. The lowest BCUT2D eigenvalue weighted by Crippen LogP contribution is -2.53. The SMILES string of the molecule is C[C@@H]1CN(C(=O)[C@H](CN)c2ccccc2)CCN1. The lowest BCUT2D eigenvalue weighted by Gasteiger charge is -2.34. The third kappa shape index (κ3) is 2.89. The number of amides is 1. The van der Waals surface area contributed by atoms with Gasteiger partial charge in [0.2, 0.25) is 5.91 Å². The number of carbonyl (C=O) groups is 1. The van der Waals surface area contributed by atoms with E-state index >= 15 is 0 Å². The van der Waals surface area contributed by atoms with E-state index in [1.807, 2.05) is 35.2 Å². The van der Waals surface area contributed by atoms with E-state index in [9.17, 15) is 4.79 Å². The third-order valence-corrected chi connectivity index (χ3v) is 3.42. The summed E-state index contributed by atoms with van der Waals surface area (Å²) in [7, 11) is 0. The molecule has 0 unspecified atom stereocenters. The third-order valence-electron chi connectivity index (χ3n) is 3.42. The van der Waals surface area contributed by atoms with Gasteiger partial charge >= 0.3 is 0 Å².